The summed E-state index contributed by atoms with van der Waals surface area (Å²) in [5.41, 5.74) is 1.84. The van der Waals surface area contributed by atoms with Gasteiger partial charge in [-0.2, -0.15) is 0 Å². The number of methoxy groups -OCH3 is 2. The van der Waals surface area contributed by atoms with E-state index in [-0.39, 0.29) is 55.6 Å². The lowest BCUT2D eigenvalue weighted by molar-refractivity contribution is -0.134. The van der Waals surface area contributed by atoms with Crippen molar-refractivity contribution < 1.29 is 33.3 Å². The van der Waals surface area contributed by atoms with Crippen LogP contribution in [0.4, 0.5) is 5.69 Å². The molecule has 0 unspecified atom stereocenters. The third-order valence-electron chi connectivity index (χ3n) is 6.63. The van der Waals surface area contributed by atoms with Gasteiger partial charge in [-0.05, 0) is 48.7 Å². The summed E-state index contributed by atoms with van der Waals surface area (Å²) in [6, 6.07) is 12.3. The van der Waals surface area contributed by atoms with E-state index in [0.29, 0.717) is 36.4 Å². The summed E-state index contributed by atoms with van der Waals surface area (Å²) in [4.78, 5) is 39.4. The minimum absolute atomic E-state index is 0.0802. The van der Waals surface area contributed by atoms with Crippen molar-refractivity contribution >= 4 is 23.4 Å². The summed E-state index contributed by atoms with van der Waals surface area (Å²) in [6.45, 7) is 0.588. The second-order valence-electron chi connectivity index (χ2n) is 9.19. The van der Waals surface area contributed by atoms with Crippen LogP contribution in [-0.2, 0) is 25.6 Å². The Morgan fingerprint density at radius 2 is 1.86 bits per heavy atom. The third-order valence-corrected chi connectivity index (χ3v) is 6.63. The molecule has 2 N–H and O–H groups in total. The van der Waals surface area contributed by atoms with E-state index in [1.807, 2.05) is 24.3 Å². The normalized spacial score (nSPS) is 21.0. The maximum atomic E-state index is 13.3. The van der Waals surface area contributed by atoms with Gasteiger partial charge in [-0.1, -0.05) is 12.1 Å². The highest BCUT2D eigenvalue weighted by atomic mass is 16.5. The van der Waals surface area contributed by atoms with Crippen LogP contribution in [0, 0.1) is 0 Å². The number of benzene rings is 2. The Labute approximate surface area is 216 Å². The standard InChI is InChI=1S/C27H33N3O7/c1-30-22-10-9-20(13-25(31)28-14-17-4-7-19(35-3)8-5-17)37-24(22)15-36-23-11-6-18(12-21(23)27(30)33)29-26(32)16-34-2/h4-8,11-12,20,22,24H,9-10,13-16H2,1-3H3,(H,28,31)(H,29,32)/t20-,22-,24+/m1/s1. The molecule has 198 valence electrons. The van der Waals surface area contributed by atoms with E-state index in [1.54, 1.807) is 37.3 Å². The van der Waals surface area contributed by atoms with Crippen molar-refractivity contribution in [2.45, 2.75) is 44.1 Å². The van der Waals surface area contributed by atoms with Crippen molar-refractivity contribution in [1.29, 1.82) is 0 Å². The van der Waals surface area contributed by atoms with Crippen LogP contribution in [0.3, 0.4) is 0 Å². The van der Waals surface area contributed by atoms with Crippen LogP contribution >= 0.6 is 0 Å². The molecule has 2 heterocycles. The third kappa shape index (κ3) is 6.58. The largest absolute Gasteiger partial charge is 0.497 e. The highest BCUT2D eigenvalue weighted by Crippen LogP contribution is 2.32. The van der Waals surface area contributed by atoms with Crippen molar-refractivity contribution in [1.82, 2.24) is 10.2 Å². The van der Waals surface area contributed by atoms with E-state index >= 15 is 0 Å². The maximum absolute atomic E-state index is 13.3. The van der Waals surface area contributed by atoms with Crippen LogP contribution in [0.2, 0.25) is 0 Å². The average molecular weight is 512 g/mol. The second kappa shape index (κ2) is 12.1. The van der Waals surface area contributed by atoms with Gasteiger partial charge in [0, 0.05) is 26.4 Å². The molecule has 0 aromatic heterocycles. The molecular weight excluding hydrogens is 478 g/mol. The van der Waals surface area contributed by atoms with Crippen molar-refractivity contribution in [3.05, 3.63) is 53.6 Å². The van der Waals surface area contributed by atoms with Crippen LogP contribution in [0.5, 0.6) is 11.5 Å². The molecule has 4 rings (SSSR count). The van der Waals surface area contributed by atoms with Gasteiger partial charge >= 0.3 is 0 Å². The molecule has 2 aliphatic heterocycles. The first-order valence-corrected chi connectivity index (χ1v) is 12.3. The highest BCUT2D eigenvalue weighted by molar-refractivity contribution is 6.00. The molecule has 0 spiro atoms. The zero-order valence-electron chi connectivity index (χ0n) is 21.3. The SMILES string of the molecule is COCC(=O)Nc1ccc2c(c1)C(=O)N(C)[C@@H]1CC[C@H](CC(=O)NCc3ccc(OC)cc3)O[C@H]1CO2. The number of carbonyl (C=O) groups excluding carboxylic acids is 3. The van der Waals surface area contributed by atoms with Crippen molar-refractivity contribution in [3.63, 3.8) is 0 Å². The van der Waals surface area contributed by atoms with E-state index in [2.05, 4.69) is 10.6 Å². The fourth-order valence-corrected chi connectivity index (χ4v) is 4.66. The Kier molecular flexibility index (Phi) is 8.62. The summed E-state index contributed by atoms with van der Waals surface area (Å²) >= 11 is 0. The van der Waals surface area contributed by atoms with Crippen molar-refractivity contribution in [2.24, 2.45) is 0 Å². The molecule has 37 heavy (non-hydrogen) atoms. The number of anilines is 1. The molecule has 1 saturated heterocycles. The minimum Gasteiger partial charge on any atom is -0.497 e. The van der Waals surface area contributed by atoms with Crippen LogP contribution < -0.4 is 20.1 Å². The van der Waals surface area contributed by atoms with E-state index in [4.69, 9.17) is 18.9 Å². The van der Waals surface area contributed by atoms with Gasteiger partial charge in [0.25, 0.3) is 5.91 Å². The molecule has 10 heteroatoms. The van der Waals surface area contributed by atoms with Gasteiger partial charge in [0.05, 0.1) is 31.2 Å². The molecule has 2 aromatic carbocycles. The number of hydrogen-bond acceptors (Lipinski definition) is 7. The lowest BCUT2D eigenvalue weighted by atomic mass is 9.94. The molecule has 0 bridgehead atoms. The van der Waals surface area contributed by atoms with Crippen LogP contribution in [0.1, 0.15) is 35.2 Å². The highest BCUT2D eigenvalue weighted by Gasteiger charge is 2.39. The van der Waals surface area contributed by atoms with Gasteiger partial charge < -0.3 is 34.5 Å². The topological polar surface area (TPSA) is 115 Å². The van der Waals surface area contributed by atoms with Crippen LogP contribution in [0.15, 0.2) is 42.5 Å². The number of likely N-dealkylation sites (N-methyl/N-ethyl adjacent to an activating group) is 1. The molecule has 0 aliphatic carbocycles. The fourth-order valence-electron chi connectivity index (χ4n) is 4.66. The zero-order valence-corrected chi connectivity index (χ0v) is 21.3. The number of nitrogens with zero attached hydrogens (tertiary/aromatic N) is 1. The molecular formula is C27H33N3O7. The van der Waals surface area contributed by atoms with E-state index in [9.17, 15) is 14.4 Å². The molecule has 3 amide bonds. The molecule has 2 aromatic rings. The predicted molar refractivity (Wildman–Crippen MR) is 136 cm³/mol. The summed E-state index contributed by atoms with van der Waals surface area (Å²) in [7, 11) is 4.80. The number of amides is 3. The predicted octanol–water partition coefficient (Wildman–Crippen LogP) is 2.37. The average Bonchev–Trinajstić information content (AvgIpc) is 2.90. The first-order valence-electron chi connectivity index (χ1n) is 12.3. The van der Waals surface area contributed by atoms with Gasteiger partial charge in [0.2, 0.25) is 11.8 Å². The molecule has 0 radical (unpaired) electrons. The Hall–Kier alpha value is -3.63. The second-order valence-corrected chi connectivity index (χ2v) is 9.19. The van der Waals surface area contributed by atoms with Gasteiger partial charge in [0.1, 0.15) is 30.8 Å². The number of ether oxygens (including phenoxy) is 4. The van der Waals surface area contributed by atoms with Crippen LogP contribution in [-0.4, -0.2) is 75.4 Å². The first kappa shape index (κ1) is 26.4. The van der Waals surface area contributed by atoms with Crippen LogP contribution in [0.25, 0.3) is 0 Å². The quantitative estimate of drug-likeness (QED) is 0.559. The number of nitrogens with one attached hydrogen (secondary N) is 2. The Bertz CT molecular complexity index is 1120. The van der Waals surface area contributed by atoms with Crippen molar-refractivity contribution in [3.8, 4) is 11.5 Å². The Morgan fingerprint density at radius 1 is 1.08 bits per heavy atom. The van der Waals surface area contributed by atoms with Gasteiger partial charge in [-0.3, -0.25) is 14.4 Å². The molecule has 10 nitrogen and oxygen atoms in total. The first-order chi connectivity index (χ1) is 17.9. The summed E-state index contributed by atoms with van der Waals surface area (Å²) in [5, 5.41) is 5.65. The monoisotopic (exact) mass is 511 g/mol. The minimum atomic E-state index is -0.365. The molecule has 3 atom stereocenters. The summed E-state index contributed by atoms with van der Waals surface area (Å²) in [6.07, 6.45) is 0.942. The fraction of sp³-hybridized carbons (Fsp3) is 0.444. The Balaban J connectivity index is 1.35. The van der Waals surface area contributed by atoms with E-state index in [0.717, 1.165) is 11.3 Å². The van der Waals surface area contributed by atoms with Gasteiger partial charge in [-0.25, -0.2) is 0 Å². The molecule has 0 saturated carbocycles. The molecule has 1 fully saturated rings. The van der Waals surface area contributed by atoms with Gasteiger partial charge in [-0.15, -0.1) is 0 Å². The van der Waals surface area contributed by atoms with E-state index in [1.165, 1.54) is 7.11 Å². The van der Waals surface area contributed by atoms with Crippen molar-refractivity contribution in [2.75, 3.05) is 39.8 Å². The Morgan fingerprint density at radius 3 is 2.59 bits per heavy atom. The summed E-state index contributed by atoms with van der Waals surface area (Å²) in [5.74, 6) is 0.565. The summed E-state index contributed by atoms with van der Waals surface area (Å²) < 4.78 is 22.2. The van der Waals surface area contributed by atoms with E-state index < -0.39 is 0 Å². The number of carbonyl (C=O) groups is 3. The number of fused-ring (bicyclic) bond motifs is 2. The zero-order chi connectivity index (χ0) is 26.4. The smallest absolute Gasteiger partial charge is 0.257 e. The number of rotatable bonds is 8. The number of hydrogen-bond donors (Lipinski definition) is 2. The molecule has 2 aliphatic rings. The lowest BCUT2D eigenvalue weighted by Crippen LogP contribution is -2.53. The lowest BCUT2D eigenvalue weighted by Gasteiger charge is -2.42. The van der Waals surface area contributed by atoms with Gasteiger partial charge in [0.15, 0.2) is 0 Å². The maximum Gasteiger partial charge on any atom is 0.257 e.